The Balaban J connectivity index is 1.43. The second-order valence-corrected chi connectivity index (χ2v) is 9.13. The van der Waals surface area contributed by atoms with E-state index in [2.05, 4.69) is 35.6 Å². The number of carbonyl (C=O) groups is 1. The molecule has 2 aromatic carbocycles. The molecule has 0 aliphatic rings. The minimum atomic E-state index is -0.539. The summed E-state index contributed by atoms with van der Waals surface area (Å²) in [5.41, 5.74) is 12.4. The molecule has 0 atom stereocenters. The summed E-state index contributed by atoms with van der Waals surface area (Å²) in [5.74, 6) is 0.411. The molecular weight excluding hydrogens is 452 g/mol. The van der Waals surface area contributed by atoms with Crippen LogP contribution >= 0.6 is 0 Å². The average Bonchev–Trinajstić information content (AvgIpc) is 3.35. The highest BCUT2D eigenvalue weighted by Gasteiger charge is 2.17. The number of hydrogen-bond acceptors (Lipinski definition) is 7. The summed E-state index contributed by atoms with van der Waals surface area (Å²) < 4.78 is 0. The van der Waals surface area contributed by atoms with E-state index in [0.717, 1.165) is 27.9 Å². The van der Waals surface area contributed by atoms with E-state index in [9.17, 15) is 4.79 Å². The number of benzene rings is 2. The first kappa shape index (κ1) is 23.1. The van der Waals surface area contributed by atoms with Crippen molar-refractivity contribution in [2.45, 2.75) is 26.3 Å². The monoisotopic (exact) mass is 478 g/mol. The maximum absolute atomic E-state index is 13.0. The van der Waals surface area contributed by atoms with Crippen LogP contribution in [0.15, 0.2) is 73.4 Å². The van der Waals surface area contributed by atoms with E-state index in [4.69, 9.17) is 5.73 Å². The summed E-state index contributed by atoms with van der Waals surface area (Å²) in [5, 5.41) is 6.39. The van der Waals surface area contributed by atoms with Crippen molar-refractivity contribution in [2.24, 2.45) is 5.73 Å². The average molecular weight is 479 g/mol. The molecule has 0 saturated carbocycles. The van der Waals surface area contributed by atoms with Crippen molar-refractivity contribution in [2.75, 3.05) is 10.6 Å². The highest BCUT2D eigenvalue weighted by Crippen LogP contribution is 2.32. The molecular formula is C27H26N8O. The van der Waals surface area contributed by atoms with Gasteiger partial charge >= 0.3 is 0 Å². The molecule has 5 aromatic rings. The van der Waals surface area contributed by atoms with E-state index in [1.807, 2.05) is 69.3 Å². The highest BCUT2D eigenvalue weighted by atomic mass is 16.1. The molecule has 0 unspecified atom stereocenters. The molecule has 180 valence electrons. The quantitative estimate of drug-likeness (QED) is 0.272. The normalized spacial score (nSPS) is 11.4. The second-order valence-electron chi connectivity index (χ2n) is 9.13. The molecule has 36 heavy (non-hydrogen) atoms. The number of carbonyl (C=O) groups excluding carboxylic acids is 1. The van der Waals surface area contributed by atoms with Crippen LogP contribution in [-0.2, 0) is 5.54 Å². The van der Waals surface area contributed by atoms with Gasteiger partial charge in [0, 0.05) is 34.2 Å². The van der Waals surface area contributed by atoms with Crippen molar-refractivity contribution in [1.82, 2.24) is 24.9 Å². The number of nitrogens with zero attached hydrogens (tertiary/aromatic N) is 4. The number of fused-ring (bicyclic) bond motifs is 1. The minimum absolute atomic E-state index is 0.211. The maximum Gasteiger partial charge on any atom is 0.255 e. The number of aryl methyl sites for hydroxylation is 1. The SMILES string of the molecule is Cc1ccc(NC(=O)c2cccc(C(C)(C)N)c2)cc1Nc1ncccc1-c1ncnc2nc[nH]c12. The topological polar surface area (TPSA) is 134 Å². The van der Waals surface area contributed by atoms with Gasteiger partial charge in [-0.3, -0.25) is 4.79 Å². The summed E-state index contributed by atoms with van der Waals surface area (Å²) in [7, 11) is 0. The Hall–Kier alpha value is -4.63. The fraction of sp³-hybridized carbons (Fsp3) is 0.148. The first-order chi connectivity index (χ1) is 17.3. The van der Waals surface area contributed by atoms with Crippen molar-refractivity contribution in [3.8, 4) is 11.3 Å². The second kappa shape index (κ2) is 9.20. The lowest BCUT2D eigenvalue weighted by atomic mass is 9.94. The van der Waals surface area contributed by atoms with Gasteiger partial charge in [-0.1, -0.05) is 18.2 Å². The van der Waals surface area contributed by atoms with Crippen LogP contribution in [0.3, 0.4) is 0 Å². The van der Waals surface area contributed by atoms with Crippen molar-refractivity contribution in [3.05, 3.63) is 90.1 Å². The molecule has 3 aromatic heterocycles. The Morgan fingerprint density at radius 3 is 2.69 bits per heavy atom. The van der Waals surface area contributed by atoms with Crippen LogP contribution in [0.2, 0.25) is 0 Å². The number of amides is 1. The molecule has 0 saturated heterocycles. The molecule has 0 fully saturated rings. The zero-order chi connectivity index (χ0) is 25.3. The van der Waals surface area contributed by atoms with E-state index < -0.39 is 5.54 Å². The lowest BCUT2D eigenvalue weighted by molar-refractivity contribution is 0.102. The molecule has 1 amide bonds. The molecule has 9 heteroatoms. The van der Waals surface area contributed by atoms with E-state index in [1.165, 1.54) is 6.33 Å². The van der Waals surface area contributed by atoms with Gasteiger partial charge < -0.3 is 21.4 Å². The molecule has 0 spiro atoms. The van der Waals surface area contributed by atoms with Gasteiger partial charge in [-0.2, -0.15) is 0 Å². The Kier molecular flexibility index (Phi) is 5.91. The first-order valence-corrected chi connectivity index (χ1v) is 11.5. The van der Waals surface area contributed by atoms with Gasteiger partial charge in [-0.05, 0) is 68.3 Å². The Morgan fingerprint density at radius 1 is 1.00 bits per heavy atom. The molecule has 5 N–H and O–H groups in total. The minimum Gasteiger partial charge on any atom is -0.341 e. The molecule has 3 heterocycles. The van der Waals surface area contributed by atoms with Gasteiger partial charge in [-0.25, -0.2) is 19.9 Å². The Bertz CT molecular complexity index is 1570. The number of pyridine rings is 1. The van der Waals surface area contributed by atoms with E-state index in [1.54, 1.807) is 18.6 Å². The molecule has 0 aliphatic heterocycles. The van der Waals surface area contributed by atoms with Gasteiger partial charge in [-0.15, -0.1) is 0 Å². The largest absolute Gasteiger partial charge is 0.341 e. The van der Waals surface area contributed by atoms with Crippen molar-refractivity contribution < 1.29 is 4.79 Å². The predicted molar refractivity (Wildman–Crippen MR) is 141 cm³/mol. The standard InChI is InChI=1S/C27H26N8O/c1-16-9-10-19(34-26(36)17-6-4-7-18(12-17)27(2,3)28)13-21(16)35-24-20(8-5-11-29-24)22-23-25(32-14-30-22)33-15-31-23/h4-15H,28H2,1-3H3,(H,29,35)(H,34,36)(H,30,31,32,33). The lowest BCUT2D eigenvalue weighted by Crippen LogP contribution is -2.29. The van der Waals surface area contributed by atoms with Crippen LogP contribution in [0.5, 0.6) is 0 Å². The van der Waals surface area contributed by atoms with Gasteiger partial charge in [0.05, 0.1) is 6.33 Å². The molecule has 5 rings (SSSR count). The van der Waals surface area contributed by atoms with E-state index in [-0.39, 0.29) is 5.91 Å². The molecule has 0 aliphatic carbocycles. The number of aromatic amines is 1. The summed E-state index contributed by atoms with van der Waals surface area (Å²) in [6.45, 7) is 5.81. The molecule has 0 radical (unpaired) electrons. The third-order valence-corrected chi connectivity index (χ3v) is 5.90. The van der Waals surface area contributed by atoms with Crippen LogP contribution in [0.1, 0.15) is 35.3 Å². The maximum atomic E-state index is 13.0. The van der Waals surface area contributed by atoms with Crippen LogP contribution < -0.4 is 16.4 Å². The Labute approximate surface area is 208 Å². The molecule has 9 nitrogen and oxygen atoms in total. The van der Waals surface area contributed by atoms with Crippen molar-refractivity contribution >= 4 is 34.3 Å². The number of hydrogen-bond donors (Lipinski definition) is 4. The third kappa shape index (κ3) is 4.64. The summed E-state index contributed by atoms with van der Waals surface area (Å²) in [4.78, 5) is 33.5. The van der Waals surface area contributed by atoms with Crippen molar-refractivity contribution in [3.63, 3.8) is 0 Å². The zero-order valence-electron chi connectivity index (χ0n) is 20.2. The van der Waals surface area contributed by atoms with Crippen molar-refractivity contribution in [1.29, 1.82) is 0 Å². The summed E-state index contributed by atoms with van der Waals surface area (Å²) in [6.07, 6.45) is 4.79. The van der Waals surface area contributed by atoms with Crippen LogP contribution in [-0.4, -0.2) is 30.8 Å². The van der Waals surface area contributed by atoms with Crippen LogP contribution in [0, 0.1) is 6.92 Å². The van der Waals surface area contributed by atoms with E-state index >= 15 is 0 Å². The van der Waals surface area contributed by atoms with Crippen LogP contribution in [0.4, 0.5) is 17.2 Å². The number of nitrogens with one attached hydrogen (secondary N) is 3. The zero-order valence-corrected chi connectivity index (χ0v) is 20.2. The lowest BCUT2D eigenvalue weighted by Gasteiger charge is -2.19. The first-order valence-electron chi connectivity index (χ1n) is 11.5. The number of rotatable bonds is 6. The van der Waals surface area contributed by atoms with E-state index in [0.29, 0.717) is 28.4 Å². The van der Waals surface area contributed by atoms with Gasteiger partial charge in [0.1, 0.15) is 23.4 Å². The number of nitrogens with two attached hydrogens (primary N) is 1. The number of imidazole rings is 1. The van der Waals surface area contributed by atoms with Gasteiger partial charge in [0.2, 0.25) is 0 Å². The Morgan fingerprint density at radius 2 is 1.86 bits per heavy atom. The third-order valence-electron chi connectivity index (χ3n) is 5.90. The predicted octanol–water partition coefficient (Wildman–Crippen LogP) is 4.91. The van der Waals surface area contributed by atoms with Gasteiger partial charge in [0.15, 0.2) is 5.65 Å². The smallest absolute Gasteiger partial charge is 0.255 e. The highest BCUT2D eigenvalue weighted by molar-refractivity contribution is 6.04. The fourth-order valence-electron chi connectivity index (χ4n) is 3.89. The fourth-order valence-corrected chi connectivity index (χ4v) is 3.89. The van der Waals surface area contributed by atoms with Crippen LogP contribution in [0.25, 0.3) is 22.4 Å². The van der Waals surface area contributed by atoms with Gasteiger partial charge in [0.25, 0.3) is 5.91 Å². The summed E-state index contributed by atoms with van der Waals surface area (Å²) >= 11 is 0. The summed E-state index contributed by atoms with van der Waals surface area (Å²) in [6, 6.07) is 16.8. The molecule has 0 bridgehead atoms. The number of anilines is 3. The number of aromatic nitrogens is 5. The number of H-pyrrole nitrogens is 1.